The molecular formula is C21H25N5O. The third-order valence-corrected chi connectivity index (χ3v) is 5.43. The Bertz CT molecular complexity index is 1010. The number of rotatable bonds is 2. The van der Waals surface area contributed by atoms with Gasteiger partial charge in [0.25, 0.3) is 5.91 Å². The number of carbonyl (C=O) groups excluding carboxylic acids is 1. The lowest BCUT2D eigenvalue weighted by atomic mass is 10.1. The number of nitrogens with zero attached hydrogens (tertiary/aromatic N) is 5. The number of carbonyl (C=O) groups is 1. The van der Waals surface area contributed by atoms with Crippen molar-refractivity contribution in [1.29, 1.82) is 0 Å². The summed E-state index contributed by atoms with van der Waals surface area (Å²) in [4.78, 5) is 22.4. The highest BCUT2D eigenvalue weighted by atomic mass is 16.2. The average molecular weight is 363 g/mol. The first kappa shape index (κ1) is 17.5. The molecule has 1 aromatic carbocycles. The zero-order valence-electron chi connectivity index (χ0n) is 16.3. The van der Waals surface area contributed by atoms with E-state index in [0.717, 1.165) is 47.6 Å². The summed E-state index contributed by atoms with van der Waals surface area (Å²) in [5.41, 5.74) is 4.25. The van der Waals surface area contributed by atoms with Crippen LogP contribution in [0.15, 0.2) is 36.5 Å². The van der Waals surface area contributed by atoms with Crippen molar-refractivity contribution in [3.63, 3.8) is 0 Å². The molecule has 1 aliphatic heterocycles. The minimum Gasteiger partial charge on any atom is -0.373 e. The third-order valence-electron chi connectivity index (χ3n) is 5.43. The molecule has 4 rings (SSSR count). The van der Waals surface area contributed by atoms with Crippen LogP contribution in [0, 0.1) is 6.92 Å². The van der Waals surface area contributed by atoms with Gasteiger partial charge < -0.3 is 9.80 Å². The van der Waals surface area contributed by atoms with Crippen LogP contribution in [0.2, 0.25) is 0 Å². The fraction of sp³-hybridized carbons (Fsp3) is 0.381. The van der Waals surface area contributed by atoms with Crippen LogP contribution in [0.1, 0.15) is 36.3 Å². The van der Waals surface area contributed by atoms with Crippen LogP contribution < -0.4 is 9.80 Å². The standard InChI is InChI=1S/C21H25N5O/c1-5-25-20-16(13-22-25)12-17(15(3)23-20)21(27)26-14(2)10-11-24(4)18-8-6-7-9-19(18)26/h6-9,12-14H,5,10-11H2,1-4H3. The van der Waals surface area contributed by atoms with Gasteiger partial charge in [0.15, 0.2) is 5.65 Å². The fourth-order valence-corrected chi connectivity index (χ4v) is 3.84. The molecule has 0 radical (unpaired) electrons. The second-order valence-corrected chi connectivity index (χ2v) is 7.22. The second-order valence-electron chi connectivity index (χ2n) is 7.22. The van der Waals surface area contributed by atoms with E-state index in [1.807, 2.05) is 47.7 Å². The van der Waals surface area contributed by atoms with Crippen molar-refractivity contribution in [1.82, 2.24) is 14.8 Å². The highest BCUT2D eigenvalue weighted by Crippen LogP contribution is 2.35. The number of benzene rings is 1. The van der Waals surface area contributed by atoms with Gasteiger partial charge in [-0.2, -0.15) is 5.10 Å². The van der Waals surface area contributed by atoms with E-state index in [4.69, 9.17) is 0 Å². The molecule has 140 valence electrons. The average Bonchev–Trinajstić information content (AvgIpc) is 3.02. The Morgan fingerprint density at radius 3 is 2.74 bits per heavy atom. The number of para-hydroxylation sites is 2. The quantitative estimate of drug-likeness (QED) is 0.698. The minimum absolute atomic E-state index is 0.00129. The largest absolute Gasteiger partial charge is 0.373 e. The number of pyridine rings is 1. The Morgan fingerprint density at radius 2 is 2.00 bits per heavy atom. The molecule has 3 aromatic rings. The monoisotopic (exact) mass is 363 g/mol. The number of hydrogen-bond donors (Lipinski definition) is 0. The van der Waals surface area contributed by atoms with Crippen molar-refractivity contribution in [2.45, 2.75) is 39.8 Å². The van der Waals surface area contributed by atoms with Gasteiger partial charge in [0.1, 0.15) is 0 Å². The summed E-state index contributed by atoms with van der Waals surface area (Å²) in [6.07, 6.45) is 2.70. The van der Waals surface area contributed by atoms with Crippen LogP contribution in [0.25, 0.3) is 11.0 Å². The van der Waals surface area contributed by atoms with Crippen LogP contribution >= 0.6 is 0 Å². The summed E-state index contributed by atoms with van der Waals surface area (Å²) in [5.74, 6) is 0.00129. The summed E-state index contributed by atoms with van der Waals surface area (Å²) in [7, 11) is 2.08. The molecule has 0 saturated carbocycles. The minimum atomic E-state index is 0.00129. The van der Waals surface area contributed by atoms with E-state index in [1.165, 1.54) is 0 Å². The molecule has 1 atom stereocenters. The first-order valence-electron chi connectivity index (χ1n) is 9.48. The molecule has 1 amide bonds. The molecule has 0 N–H and O–H groups in total. The van der Waals surface area contributed by atoms with Crippen LogP contribution in [-0.4, -0.2) is 40.3 Å². The molecule has 6 nitrogen and oxygen atoms in total. The summed E-state index contributed by atoms with van der Waals surface area (Å²) in [6.45, 7) is 7.73. The van der Waals surface area contributed by atoms with Crippen molar-refractivity contribution in [3.8, 4) is 0 Å². The highest BCUT2D eigenvalue weighted by molar-refractivity contribution is 6.10. The van der Waals surface area contributed by atoms with Gasteiger partial charge in [-0.3, -0.25) is 4.79 Å². The molecule has 27 heavy (non-hydrogen) atoms. The van der Waals surface area contributed by atoms with E-state index in [-0.39, 0.29) is 11.9 Å². The van der Waals surface area contributed by atoms with Crippen LogP contribution in [0.5, 0.6) is 0 Å². The van der Waals surface area contributed by atoms with Gasteiger partial charge in [-0.15, -0.1) is 0 Å². The Morgan fingerprint density at radius 1 is 1.26 bits per heavy atom. The Balaban J connectivity index is 1.83. The Labute approximate surface area is 159 Å². The van der Waals surface area contributed by atoms with Crippen LogP contribution in [0.4, 0.5) is 11.4 Å². The lowest BCUT2D eigenvalue weighted by molar-refractivity contribution is 0.0977. The number of aromatic nitrogens is 3. The molecule has 6 heteroatoms. The zero-order valence-corrected chi connectivity index (χ0v) is 16.3. The topological polar surface area (TPSA) is 54.3 Å². The van der Waals surface area contributed by atoms with E-state index in [9.17, 15) is 4.79 Å². The number of hydrogen-bond acceptors (Lipinski definition) is 4. The first-order chi connectivity index (χ1) is 13.0. The van der Waals surface area contributed by atoms with E-state index in [2.05, 4.69) is 35.0 Å². The van der Waals surface area contributed by atoms with Crippen molar-refractivity contribution >= 4 is 28.3 Å². The van der Waals surface area contributed by atoms with Crippen molar-refractivity contribution in [2.24, 2.45) is 0 Å². The maximum absolute atomic E-state index is 13.6. The number of amides is 1. The highest BCUT2D eigenvalue weighted by Gasteiger charge is 2.30. The van der Waals surface area contributed by atoms with Crippen molar-refractivity contribution < 1.29 is 4.79 Å². The summed E-state index contributed by atoms with van der Waals surface area (Å²) < 4.78 is 1.86. The summed E-state index contributed by atoms with van der Waals surface area (Å²) in [6, 6.07) is 10.2. The second kappa shape index (κ2) is 6.68. The molecule has 1 unspecified atom stereocenters. The maximum Gasteiger partial charge on any atom is 0.260 e. The number of anilines is 2. The summed E-state index contributed by atoms with van der Waals surface area (Å²) in [5, 5.41) is 5.27. The lowest BCUT2D eigenvalue weighted by Crippen LogP contribution is -2.39. The Hall–Kier alpha value is -2.89. The fourth-order valence-electron chi connectivity index (χ4n) is 3.84. The van der Waals surface area contributed by atoms with E-state index in [0.29, 0.717) is 5.56 Å². The molecule has 0 saturated heterocycles. The maximum atomic E-state index is 13.6. The van der Waals surface area contributed by atoms with Gasteiger partial charge >= 0.3 is 0 Å². The number of aryl methyl sites for hydroxylation is 2. The first-order valence-corrected chi connectivity index (χ1v) is 9.48. The lowest BCUT2D eigenvalue weighted by Gasteiger charge is -2.29. The molecule has 0 fully saturated rings. The predicted octanol–water partition coefficient (Wildman–Crippen LogP) is 3.63. The zero-order chi connectivity index (χ0) is 19.1. The van der Waals surface area contributed by atoms with Gasteiger partial charge in [-0.1, -0.05) is 12.1 Å². The van der Waals surface area contributed by atoms with Gasteiger partial charge in [0.05, 0.1) is 28.8 Å². The van der Waals surface area contributed by atoms with Crippen molar-refractivity contribution in [2.75, 3.05) is 23.4 Å². The van der Waals surface area contributed by atoms with Gasteiger partial charge in [0.2, 0.25) is 0 Å². The normalized spacial score (nSPS) is 17.1. The SMILES string of the molecule is CCn1ncc2cc(C(=O)N3c4ccccc4N(C)CCC3C)c(C)nc21. The molecule has 2 aromatic heterocycles. The molecule has 1 aliphatic rings. The Kier molecular flexibility index (Phi) is 4.34. The molecule has 3 heterocycles. The molecular weight excluding hydrogens is 338 g/mol. The molecule has 0 bridgehead atoms. The van der Waals surface area contributed by atoms with Gasteiger partial charge in [0, 0.05) is 31.6 Å². The predicted molar refractivity (Wildman–Crippen MR) is 109 cm³/mol. The van der Waals surface area contributed by atoms with E-state index < -0.39 is 0 Å². The molecule has 0 aliphatic carbocycles. The van der Waals surface area contributed by atoms with Crippen molar-refractivity contribution in [3.05, 3.63) is 47.8 Å². The third kappa shape index (κ3) is 2.85. The van der Waals surface area contributed by atoms with Gasteiger partial charge in [-0.25, -0.2) is 9.67 Å². The summed E-state index contributed by atoms with van der Waals surface area (Å²) >= 11 is 0. The van der Waals surface area contributed by atoms with E-state index >= 15 is 0 Å². The smallest absolute Gasteiger partial charge is 0.260 e. The molecule has 0 spiro atoms. The van der Waals surface area contributed by atoms with Crippen LogP contribution in [-0.2, 0) is 6.54 Å². The number of fused-ring (bicyclic) bond motifs is 2. The van der Waals surface area contributed by atoms with Gasteiger partial charge in [-0.05, 0) is 45.4 Å². The van der Waals surface area contributed by atoms with Crippen LogP contribution in [0.3, 0.4) is 0 Å². The van der Waals surface area contributed by atoms with E-state index in [1.54, 1.807) is 6.20 Å².